The molecule has 5 nitrogen and oxygen atoms in total. The lowest BCUT2D eigenvalue weighted by atomic mass is 10.0. The molecule has 1 aromatic rings. The van der Waals surface area contributed by atoms with Crippen molar-refractivity contribution in [1.82, 2.24) is 5.32 Å². The van der Waals surface area contributed by atoms with Gasteiger partial charge in [0.2, 0.25) is 0 Å². The lowest BCUT2D eigenvalue weighted by Gasteiger charge is -2.21. The Kier molecular flexibility index (Phi) is 3.73. The molecule has 1 fully saturated rings. The average molecular weight is 280 g/mol. The third kappa shape index (κ3) is 3.21. The monoisotopic (exact) mass is 280 g/mol. The normalized spacial score (nSPS) is 14.7. The van der Waals surface area contributed by atoms with E-state index in [-0.39, 0.29) is 10.8 Å². The van der Waals surface area contributed by atoms with E-state index in [1.165, 1.54) is 12.1 Å². The SMILES string of the molecule is CC(C(=O)Nc1ccc(S(C)(=O)=O)cc1)=C1CNC1. The molecule has 0 saturated carbocycles. The molecule has 0 radical (unpaired) electrons. The molecule has 1 aliphatic heterocycles. The van der Waals surface area contributed by atoms with Crippen molar-refractivity contribution in [1.29, 1.82) is 0 Å². The molecule has 1 aliphatic rings. The van der Waals surface area contributed by atoms with Crippen LogP contribution in [0.1, 0.15) is 6.92 Å². The van der Waals surface area contributed by atoms with Crippen molar-refractivity contribution in [3.05, 3.63) is 35.4 Å². The fourth-order valence-corrected chi connectivity index (χ4v) is 2.32. The molecule has 0 atom stereocenters. The van der Waals surface area contributed by atoms with Gasteiger partial charge >= 0.3 is 0 Å². The van der Waals surface area contributed by atoms with Gasteiger partial charge < -0.3 is 10.6 Å². The van der Waals surface area contributed by atoms with Gasteiger partial charge in [0.25, 0.3) is 5.91 Å². The van der Waals surface area contributed by atoms with E-state index in [0.29, 0.717) is 11.3 Å². The van der Waals surface area contributed by atoms with Gasteiger partial charge in [-0.1, -0.05) is 0 Å². The van der Waals surface area contributed by atoms with Crippen LogP contribution in [0.4, 0.5) is 5.69 Å². The lowest BCUT2D eigenvalue weighted by molar-refractivity contribution is -0.112. The van der Waals surface area contributed by atoms with Crippen LogP contribution in [-0.4, -0.2) is 33.7 Å². The Balaban J connectivity index is 2.10. The summed E-state index contributed by atoms with van der Waals surface area (Å²) in [6.45, 7) is 3.30. The molecule has 0 unspecified atom stereocenters. The summed E-state index contributed by atoms with van der Waals surface area (Å²) in [5.41, 5.74) is 2.40. The first-order valence-electron chi connectivity index (χ1n) is 5.89. The first-order valence-corrected chi connectivity index (χ1v) is 7.78. The molecule has 1 amide bonds. The molecule has 0 bridgehead atoms. The number of nitrogens with one attached hydrogen (secondary N) is 2. The molecule has 2 rings (SSSR count). The number of amides is 1. The standard InChI is InChI=1S/C13H16N2O3S/c1-9(10-7-14-8-10)13(16)15-11-3-5-12(6-4-11)19(2,17)18/h3-6,14H,7-8H2,1-2H3,(H,15,16). The maximum absolute atomic E-state index is 11.9. The highest BCUT2D eigenvalue weighted by atomic mass is 32.2. The number of rotatable bonds is 3. The predicted octanol–water partition coefficient (Wildman–Crippen LogP) is 0.948. The van der Waals surface area contributed by atoms with Crippen LogP contribution in [0.3, 0.4) is 0 Å². The van der Waals surface area contributed by atoms with Crippen molar-refractivity contribution in [2.24, 2.45) is 0 Å². The number of benzene rings is 1. The number of carbonyl (C=O) groups is 1. The van der Waals surface area contributed by atoms with Crippen molar-refractivity contribution in [2.45, 2.75) is 11.8 Å². The second-order valence-electron chi connectivity index (χ2n) is 4.58. The third-order valence-corrected chi connectivity index (χ3v) is 4.22. The highest BCUT2D eigenvalue weighted by Gasteiger charge is 2.16. The van der Waals surface area contributed by atoms with Crippen LogP contribution in [0.15, 0.2) is 40.3 Å². The van der Waals surface area contributed by atoms with Gasteiger partial charge in [0.15, 0.2) is 9.84 Å². The maximum Gasteiger partial charge on any atom is 0.251 e. The van der Waals surface area contributed by atoms with Crippen molar-refractivity contribution in [3.63, 3.8) is 0 Å². The molecule has 0 aromatic heterocycles. The molecule has 6 heteroatoms. The maximum atomic E-state index is 11.9. The number of hydrogen-bond donors (Lipinski definition) is 2. The van der Waals surface area contributed by atoms with E-state index in [1.807, 2.05) is 0 Å². The van der Waals surface area contributed by atoms with Crippen LogP contribution in [-0.2, 0) is 14.6 Å². The van der Waals surface area contributed by atoms with E-state index in [9.17, 15) is 13.2 Å². The van der Waals surface area contributed by atoms with Crippen LogP contribution >= 0.6 is 0 Å². The first kappa shape index (κ1) is 13.8. The zero-order valence-electron chi connectivity index (χ0n) is 10.9. The molecule has 0 spiro atoms. The second-order valence-corrected chi connectivity index (χ2v) is 6.60. The molecule has 2 N–H and O–H groups in total. The molecule has 0 aliphatic carbocycles. The molecule has 1 aromatic carbocycles. The Hall–Kier alpha value is -1.66. The Labute approximate surface area is 112 Å². The quantitative estimate of drug-likeness (QED) is 0.808. The zero-order valence-corrected chi connectivity index (χ0v) is 11.7. The highest BCUT2D eigenvalue weighted by Crippen LogP contribution is 2.16. The van der Waals surface area contributed by atoms with Crippen molar-refractivity contribution < 1.29 is 13.2 Å². The third-order valence-electron chi connectivity index (χ3n) is 3.09. The number of anilines is 1. The van der Waals surface area contributed by atoms with Gasteiger partial charge in [0, 0.05) is 30.6 Å². The van der Waals surface area contributed by atoms with Crippen molar-refractivity contribution >= 4 is 21.4 Å². The van der Waals surface area contributed by atoms with Gasteiger partial charge in [-0.2, -0.15) is 0 Å². The van der Waals surface area contributed by atoms with E-state index >= 15 is 0 Å². The Morgan fingerprint density at radius 1 is 1.21 bits per heavy atom. The Morgan fingerprint density at radius 3 is 2.21 bits per heavy atom. The minimum absolute atomic E-state index is 0.149. The minimum Gasteiger partial charge on any atom is -0.322 e. The van der Waals surface area contributed by atoms with Gasteiger partial charge in [0.05, 0.1) is 4.90 Å². The summed E-state index contributed by atoms with van der Waals surface area (Å²) >= 11 is 0. The highest BCUT2D eigenvalue weighted by molar-refractivity contribution is 7.90. The summed E-state index contributed by atoms with van der Waals surface area (Å²) < 4.78 is 22.6. The summed E-state index contributed by atoms with van der Waals surface area (Å²) in [5, 5.41) is 5.83. The number of carbonyl (C=O) groups excluding carboxylic acids is 1. The lowest BCUT2D eigenvalue weighted by Crippen LogP contribution is -2.36. The molecular weight excluding hydrogens is 264 g/mol. The van der Waals surface area contributed by atoms with Crippen molar-refractivity contribution in [3.8, 4) is 0 Å². The molecule has 1 heterocycles. The molecule has 102 valence electrons. The summed E-state index contributed by atoms with van der Waals surface area (Å²) in [7, 11) is -3.20. The van der Waals surface area contributed by atoms with Gasteiger partial charge in [-0.15, -0.1) is 0 Å². The summed E-state index contributed by atoms with van der Waals surface area (Å²) in [5.74, 6) is -0.149. The summed E-state index contributed by atoms with van der Waals surface area (Å²) in [4.78, 5) is 12.2. The van der Waals surface area contributed by atoms with Gasteiger partial charge in [-0.25, -0.2) is 8.42 Å². The molecule has 19 heavy (non-hydrogen) atoms. The summed E-state index contributed by atoms with van der Waals surface area (Å²) in [6, 6.07) is 6.15. The Morgan fingerprint density at radius 2 is 1.79 bits per heavy atom. The van der Waals surface area contributed by atoms with Gasteiger partial charge in [-0.05, 0) is 36.8 Å². The number of hydrogen-bond acceptors (Lipinski definition) is 4. The van der Waals surface area contributed by atoms with Crippen LogP contribution in [0, 0.1) is 0 Å². The smallest absolute Gasteiger partial charge is 0.251 e. The fraction of sp³-hybridized carbons (Fsp3) is 0.308. The molecule has 1 saturated heterocycles. The van der Waals surface area contributed by atoms with Gasteiger partial charge in [0.1, 0.15) is 0 Å². The van der Waals surface area contributed by atoms with Crippen LogP contribution in [0.25, 0.3) is 0 Å². The molecular formula is C13H16N2O3S. The van der Waals surface area contributed by atoms with Gasteiger partial charge in [-0.3, -0.25) is 4.79 Å². The van der Waals surface area contributed by atoms with E-state index in [1.54, 1.807) is 19.1 Å². The van der Waals surface area contributed by atoms with Crippen molar-refractivity contribution in [2.75, 3.05) is 24.7 Å². The number of sulfone groups is 1. The Bertz CT molecular complexity index is 624. The predicted molar refractivity (Wildman–Crippen MR) is 73.8 cm³/mol. The van der Waals surface area contributed by atoms with Crippen LogP contribution in [0.2, 0.25) is 0 Å². The average Bonchev–Trinajstić information content (AvgIpc) is 2.26. The van der Waals surface area contributed by atoms with Crippen LogP contribution < -0.4 is 10.6 Å². The van der Waals surface area contributed by atoms with E-state index in [4.69, 9.17) is 0 Å². The second kappa shape index (κ2) is 5.14. The minimum atomic E-state index is -3.20. The largest absolute Gasteiger partial charge is 0.322 e. The van der Waals surface area contributed by atoms with E-state index in [2.05, 4.69) is 10.6 Å². The topological polar surface area (TPSA) is 75.3 Å². The first-order chi connectivity index (χ1) is 8.88. The van der Waals surface area contributed by atoms with E-state index < -0.39 is 9.84 Å². The summed E-state index contributed by atoms with van der Waals surface area (Å²) in [6.07, 6.45) is 1.15. The van der Waals surface area contributed by atoms with Crippen LogP contribution in [0.5, 0.6) is 0 Å². The fourth-order valence-electron chi connectivity index (χ4n) is 1.69. The zero-order chi connectivity index (χ0) is 14.0. The van der Waals surface area contributed by atoms with E-state index in [0.717, 1.165) is 24.9 Å².